The van der Waals surface area contributed by atoms with E-state index in [0.717, 1.165) is 89.4 Å². The predicted molar refractivity (Wildman–Crippen MR) is 439 cm³/mol. The number of nitrogens with zero attached hydrogens (tertiary/aromatic N) is 2. The minimum Gasteiger partial charge on any atom is -0.487 e. The van der Waals surface area contributed by atoms with Crippen molar-refractivity contribution < 1.29 is 42.7 Å². The highest BCUT2D eigenvalue weighted by atomic mass is 16.6. The van der Waals surface area contributed by atoms with Gasteiger partial charge < -0.3 is 53.2 Å². The van der Waals surface area contributed by atoms with Crippen molar-refractivity contribution in [3.8, 4) is 67.5 Å². The average Bonchev–Trinajstić information content (AvgIpc) is 1.64. The standard InChI is InChI=1S/C93H109N5O9/c1-88(2,3)63-50-60(51-64(56-63)89(4,5)6)83-73-32-30-71(95-73)82(59-26-28-69(29-27-59)94-87(99)70-22-21-25-81-86(70)107-49-45-103-41-40-101-43-47-105-80-24-20-19-23-79(80)104-46-42-100-38-39-102-44-48-106-81)72-31-33-74(96-72)84(61-52-65(90(7,8)9)57-66(53-61)91(10,11)12)76-35-37-78(98-76)85(77-36-34-75(83)97-77)62-54-67(92(13,14)15)58-68(55-62)93(16,17)18/h19-37,50-58,95,98H,38-49H2,1-18H3,(H,94,99). The van der Waals surface area contributed by atoms with Crippen LogP contribution in [0.25, 0.3) is 90.9 Å². The van der Waals surface area contributed by atoms with Crippen molar-refractivity contribution in [2.75, 3.05) is 84.6 Å². The number of carbonyl (C=O) groups excluding carboxylic acids is 1. The smallest absolute Gasteiger partial charge is 0.259 e. The number of ether oxygens (including phenoxy) is 8. The van der Waals surface area contributed by atoms with Gasteiger partial charge in [0.25, 0.3) is 5.91 Å². The Bertz CT molecular complexity index is 4780. The second kappa shape index (κ2) is 31.7. The monoisotopic (exact) mass is 1440 g/mol. The van der Waals surface area contributed by atoms with Crippen LogP contribution in [0.4, 0.5) is 5.69 Å². The first-order chi connectivity index (χ1) is 50.7. The zero-order valence-electron chi connectivity index (χ0n) is 66.2. The number of para-hydroxylation sites is 3. The first-order valence-corrected chi connectivity index (χ1v) is 37.9. The van der Waals surface area contributed by atoms with Gasteiger partial charge in [-0.3, -0.25) is 4.79 Å². The van der Waals surface area contributed by atoms with Gasteiger partial charge in [-0.25, -0.2) is 9.97 Å². The highest BCUT2D eigenvalue weighted by molar-refractivity contribution is 6.07. The number of nitrogens with one attached hydrogen (secondary N) is 3. The van der Waals surface area contributed by atoms with Gasteiger partial charge in [0.1, 0.15) is 26.4 Å². The van der Waals surface area contributed by atoms with Crippen LogP contribution in [0.2, 0.25) is 0 Å². The Morgan fingerprint density at radius 2 is 0.607 bits per heavy atom. The van der Waals surface area contributed by atoms with Gasteiger partial charge in [0.2, 0.25) is 0 Å². The zero-order chi connectivity index (χ0) is 76.2. The lowest BCUT2D eigenvalue weighted by Crippen LogP contribution is -2.18. The van der Waals surface area contributed by atoms with Crippen molar-refractivity contribution in [1.29, 1.82) is 0 Å². The molecule has 14 nitrogen and oxygen atoms in total. The molecule has 107 heavy (non-hydrogen) atoms. The number of aromatic amines is 2. The van der Waals surface area contributed by atoms with Crippen molar-refractivity contribution in [3.63, 3.8) is 0 Å². The molecular formula is C93H109N5O9. The molecule has 6 heterocycles. The maximum absolute atomic E-state index is 14.8. The van der Waals surface area contributed by atoms with E-state index in [1.54, 1.807) is 18.2 Å². The molecule has 12 rings (SSSR count). The molecular weight excluding hydrogens is 1330 g/mol. The molecule has 6 aromatic carbocycles. The van der Waals surface area contributed by atoms with Crippen LogP contribution in [-0.2, 0) is 51.4 Å². The third-order valence-electron chi connectivity index (χ3n) is 19.8. The lowest BCUT2D eigenvalue weighted by molar-refractivity contribution is 0.0223. The van der Waals surface area contributed by atoms with Crippen molar-refractivity contribution in [2.45, 2.75) is 157 Å². The molecule has 3 N–H and O–H groups in total. The van der Waals surface area contributed by atoms with Crippen LogP contribution in [0, 0.1) is 0 Å². The van der Waals surface area contributed by atoms with Gasteiger partial charge in [0.05, 0.1) is 81.2 Å². The Hall–Kier alpha value is -9.57. The van der Waals surface area contributed by atoms with E-state index in [1.807, 2.05) is 36.4 Å². The highest BCUT2D eigenvalue weighted by Crippen LogP contribution is 2.45. The fraction of sp³-hybridized carbons (Fsp3) is 0.387. The van der Waals surface area contributed by atoms with E-state index in [2.05, 4.69) is 255 Å². The number of anilines is 1. The lowest BCUT2D eigenvalue weighted by atomic mass is 9.78. The van der Waals surface area contributed by atoms with Crippen LogP contribution >= 0.6 is 0 Å². The first kappa shape index (κ1) is 77.1. The quantitative estimate of drug-likeness (QED) is 0.145. The third kappa shape index (κ3) is 18.5. The molecule has 0 spiro atoms. The number of aromatic nitrogens is 4. The van der Waals surface area contributed by atoms with Crippen LogP contribution in [0.3, 0.4) is 0 Å². The van der Waals surface area contributed by atoms with E-state index in [1.165, 1.54) is 33.4 Å². The molecule has 9 aromatic rings. The van der Waals surface area contributed by atoms with E-state index >= 15 is 0 Å². The molecule has 560 valence electrons. The van der Waals surface area contributed by atoms with Gasteiger partial charge in [0.15, 0.2) is 23.0 Å². The van der Waals surface area contributed by atoms with Crippen molar-refractivity contribution >= 4 is 58.0 Å². The van der Waals surface area contributed by atoms with E-state index in [4.69, 9.17) is 47.9 Å². The molecule has 8 bridgehead atoms. The zero-order valence-corrected chi connectivity index (χ0v) is 66.2. The predicted octanol–water partition coefficient (Wildman–Crippen LogP) is 21.7. The number of H-pyrrole nitrogens is 2. The summed E-state index contributed by atoms with van der Waals surface area (Å²) in [5.74, 6) is 1.57. The summed E-state index contributed by atoms with van der Waals surface area (Å²) in [4.78, 5) is 34.6. The Balaban J connectivity index is 0.998. The molecule has 0 atom stereocenters. The molecule has 3 aliphatic rings. The third-order valence-corrected chi connectivity index (χ3v) is 19.8. The summed E-state index contributed by atoms with van der Waals surface area (Å²) in [5, 5.41) is 3.20. The largest absolute Gasteiger partial charge is 0.487 e. The van der Waals surface area contributed by atoms with E-state index < -0.39 is 0 Å². The minimum absolute atomic E-state index is 0.141. The lowest BCUT2D eigenvalue weighted by Gasteiger charge is -2.26. The van der Waals surface area contributed by atoms with Crippen LogP contribution in [-0.4, -0.2) is 105 Å². The van der Waals surface area contributed by atoms with Crippen LogP contribution < -0.4 is 24.3 Å². The summed E-state index contributed by atoms with van der Waals surface area (Å²) in [7, 11) is 0. The molecule has 0 unspecified atom stereocenters. The fourth-order valence-corrected chi connectivity index (χ4v) is 13.4. The Kier molecular flexibility index (Phi) is 22.8. The SMILES string of the molecule is CC(C)(C)c1cc(-c2c3nc(c(-c4cc(C(C)(C)C)cc(C(C)(C)C)c4)c4ccc([nH]4)c(-c4cc(C(C)(C)C)cc(C(C)(C)C)c4)c4nc(c(-c5ccc(NC(=O)c6cccc7c6OCCOCCOCCOc6ccccc6OCCOCCOCCO7)cc5)c5ccc2[nH]5)C=C4)C=C3)cc(C(C)(C)C)c1. The summed E-state index contributed by atoms with van der Waals surface area (Å²) >= 11 is 0. The molecule has 0 fully saturated rings. The van der Waals surface area contributed by atoms with Crippen LogP contribution in [0.1, 0.15) is 191 Å². The highest BCUT2D eigenvalue weighted by Gasteiger charge is 2.29. The molecule has 0 aliphatic carbocycles. The summed E-state index contributed by atoms with van der Waals surface area (Å²) in [6, 6.07) is 51.0. The molecule has 3 aromatic heterocycles. The Morgan fingerprint density at radius 3 is 0.935 bits per heavy atom. The van der Waals surface area contributed by atoms with Gasteiger partial charge >= 0.3 is 0 Å². The molecule has 0 radical (unpaired) electrons. The molecule has 0 saturated heterocycles. The molecule has 3 aliphatic heterocycles. The molecule has 14 heteroatoms. The molecule has 1 amide bonds. The average molecular weight is 1440 g/mol. The Morgan fingerprint density at radius 1 is 0.318 bits per heavy atom. The number of rotatable bonds is 6. The number of fused-ring (bicyclic) bond motifs is 10. The molecule has 0 saturated carbocycles. The summed E-state index contributed by atoms with van der Waals surface area (Å²) in [6.07, 6.45) is 8.73. The van der Waals surface area contributed by atoms with Gasteiger partial charge in [-0.2, -0.15) is 0 Å². The van der Waals surface area contributed by atoms with Gasteiger partial charge in [0, 0.05) is 50.0 Å². The maximum Gasteiger partial charge on any atom is 0.259 e. The van der Waals surface area contributed by atoms with Gasteiger partial charge in [-0.05, 0) is 173 Å². The minimum atomic E-state index is -0.382. The Labute approximate surface area is 633 Å². The summed E-state index contributed by atoms with van der Waals surface area (Å²) < 4.78 is 48.1. The number of hydrogen-bond acceptors (Lipinski definition) is 11. The van der Waals surface area contributed by atoms with Gasteiger partial charge in [-0.15, -0.1) is 0 Å². The topological polar surface area (TPSA) is 160 Å². The number of benzene rings is 6. The van der Waals surface area contributed by atoms with Crippen molar-refractivity contribution in [3.05, 3.63) is 207 Å². The number of amides is 1. The van der Waals surface area contributed by atoms with Crippen molar-refractivity contribution in [2.24, 2.45) is 0 Å². The second-order valence-electron chi connectivity index (χ2n) is 34.4. The van der Waals surface area contributed by atoms with Gasteiger partial charge in [-0.1, -0.05) is 210 Å². The second-order valence-corrected chi connectivity index (χ2v) is 34.4. The summed E-state index contributed by atoms with van der Waals surface area (Å²) in [6.45, 7) is 44.9. The fourth-order valence-electron chi connectivity index (χ4n) is 13.4. The van der Waals surface area contributed by atoms with E-state index in [0.29, 0.717) is 75.8 Å². The number of carbonyl (C=O) groups is 1. The maximum atomic E-state index is 14.8. The van der Waals surface area contributed by atoms with E-state index in [-0.39, 0.29) is 76.1 Å². The van der Waals surface area contributed by atoms with Crippen molar-refractivity contribution in [1.82, 2.24) is 19.9 Å². The van der Waals surface area contributed by atoms with Crippen LogP contribution in [0.5, 0.6) is 23.0 Å². The van der Waals surface area contributed by atoms with Crippen LogP contribution in [0.15, 0.2) is 146 Å². The normalized spacial score (nSPS) is 15.0. The first-order valence-electron chi connectivity index (χ1n) is 37.9. The number of hydrogen-bond donors (Lipinski definition) is 3. The summed E-state index contributed by atoms with van der Waals surface area (Å²) in [5.41, 5.74) is 22.2. The van der Waals surface area contributed by atoms with E-state index in [9.17, 15) is 4.79 Å².